The molecule has 8 heteroatoms. The highest BCUT2D eigenvalue weighted by molar-refractivity contribution is 7.88. The van der Waals surface area contributed by atoms with Crippen LogP contribution in [-0.2, 0) is 19.6 Å². The lowest BCUT2D eigenvalue weighted by atomic mass is 10.3. The van der Waals surface area contributed by atoms with E-state index in [1.54, 1.807) is 6.92 Å². The van der Waals surface area contributed by atoms with Gasteiger partial charge in [0.05, 0.1) is 13.4 Å². The van der Waals surface area contributed by atoms with E-state index in [4.69, 9.17) is 5.73 Å². The largest absolute Gasteiger partial charge is 0.468 e. The summed E-state index contributed by atoms with van der Waals surface area (Å²) >= 11 is 0. The summed E-state index contributed by atoms with van der Waals surface area (Å²) in [6.07, 6.45) is 1.79. The highest BCUT2D eigenvalue weighted by atomic mass is 32.2. The molecule has 0 aliphatic carbocycles. The van der Waals surface area contributed by atoms with E-state index in [9.17, 15) is 13.2 Å². The summed E-state index contributed by atoms with van der Waals surface area (Å²) in [4.78, 5) is 11.2. The van der Waals surface area contributed by atoms with Gasteiger partial charge in [0.15, 0.2) is 0 Å². The number of nitrogens with one attached hydrogen (secondary N) is 1. The van der Waals surface area contributed by atoms with Gasteiger partial charge in [-0.1, -0.05) is 6.92 Å². The van der Waals surface area contributed by atoms with Gasteiger partial charge in [0.25, 0.3) is 0 Å². The molecule has 18 heavy (non-hydrogen) atoms. The molecular formula is C10H23N3O4S. The lowest BCUT2D eigenvalue weighted by Gasteiger charge is -2.19. The summed E-state index contributed by atoms with van der Waals surface area (Å²) in [5.74, 6) is -0.409. The van der Waals surface area contributed by atoms with Gasteiger partial charge >= 0.3 is 5.97 Å². The highest BCUT2D eigenvalue weighted by Gasteiger charge is 2.17. The average molecular weight is 281 g/mol. The number of methoxy groups -OCH3 is 1. The minimum atomic E-state index is -3.15. The molecule has 7 nitrogen and oxygen atoms in total. The topological polar surface area (TPSA) is 102 Å². The maximum absolute atomic E-state index is 11.3. The second-order valence-electron chi connectivity index (χ2n) is 3.87. The van der Waals surface area contributed by atoms with E-state index >= 15 is 0 Å². The molecule has 0 spiro atoms. The molecule has 0 heterocycles. The number of carbonyl (C=O) groups excluding carboxylic acids is 1. The van der Waals surface area contributed by atoms with Crippen LogP contribution in [-0.4, -0.2) is 64.3 Å². The molecule has 3 N–H and O–H groups in total. The van der Waals surface area contributed by atoms with Gasteiger partial charge in [0.1, 0.15) is 6.04 Å². The Kier molecular flexibility index (Phi) is 8.08. The standard InChI is InChI=1S/C10H23N3O4S/c1-4-13(18(3,15)16)7-5-6-12-9(8-11)10(14)17-2/h9,12H,4-8,11H2,1-3H3. The molecule has 1 unspecified atom stereocenters. The Labute approximate surface area is 109 Å². The van der Waals surface area contributed by atoms with Gasteiger partial charge in [-0.3, -0.25) is 4.79 Å². The van der Waals surface area contributed by atoms with E-state index in [1.165, 1.54) is 17.7 Å². The number of ether oxygens (including phenoxy) is 1. The lowest BCUT2D eigenvalue weighted by molar-refractivity contribution is -0.142. The molecule has 0 rings (SSSR count). The zero-order valence-corrected chi connectivity index (χ0v) is 12.0. The molecular weight excluding hydrogens is 258 g/mol. The second-order valence-corrected chi connectivity index (χ2v) is 5.86. The first kappa shape index (κ1) is 17.3. The normalized spacial score (nSPS) is 13.6. The van der Waals surface area contributed by atoms with Crippen LogP contribution in [0.3, 0.4) is 0 Å². The Hall–Kier alpha value is -0.700. The quantitative estimate of drug-likeness (QED) is 0.404. The van der Waals surface area contributed by atoms with Crippen LogP contribution in [0, 0.1) is 0 Å². The summed E-state index contributed by atoms with van der Waals surface area (Å²) in [7, 11) is -1.85. The molecule has 108 valence electrons. The maximum atomic E-state index is 11.3. The predicted octanol–water partition coefficient (Wildman–Crippen LogP) is -1.25. The third-order valence-corrected chi connectivity index (χ3v) is 3.90. The van der Waals surface area contributed by atoms with Crippen molar-refractivity contribution in [3.8, 4) is 0 Å². The van der Waals surface area contributed by atoms with Crippen LogP contribution < -0.4 is 11.1 Å². The SMILES string of the molecule is CCN(CCCNC(CN)C(=O)OC)S(C)(=O)=O. The zero-order chi connectivity index (χ0) is 14.2. The molecule has 0 aliphatic heterocycles. The molecule has 0 saturated carbocycles. The summed E-state index contributed by atoms with van der Waals surface area (Å²) in [5.41, 5.74) is 5.42. The zero-order valence-electron chi connectivity index (χ0n) is 11.2. The van der Waals surface area contributed by atoms with Crippen molar-refractivity contribution in [2.75, 3.05) is 39.5 Å². The van der Waals surface area contributed by atoms with E-state index in [0.29, 0.717) is 26.1 Å². The smallest absolute Gasteiger partial charge is 0.324 e. The summed E-state index contributed by atoms with van der Waals surface area (Å²) < 4.78 is 28.6. The van der Waals surface area contributed by atoms with Crippen LogP contribution in [0.2, 0.25) is 0 Å². The van der Waals surface area contributed by atoms with Crippen LogP contribution in [0.1, 0.15) is 13.3 Å². The molecule has 0 aromatic heterocycles. The van der Waals surface area contributed by atoms with Gasteiger partial charge in [-0.2, -0.15) is 0 Å². The first-order valence-corrected chi connectivity index (χ1v) is 7.68. The highest BCUT2D eigenvalue weighted by Crippen LogP contribution is 1.98. The number of rotatable bonds is 9. The van der Waals surface area contributed by atoms with E-state index in [2.05, 4.69) is 10.1 Å². The third kappa shape index (κ3) is 6.29. The van der Waals surface area contributed by atoms with Crippen molar-refractivity contribution in [3.05, 3.63) is 0 Å². The molecule has 0 aromatic rings. The fourth-order valence-corrected chi connectivity index (χ4v) is 2.43. The van der Waals surface area contributed by atoms with Crippen molar-refractivity contribution in [2.45, 2.75) is 19.4 Å². The van der Waals surface area contributed by atoms with E-state index < -0.39 is 22.0 Å². The van der Waals surface area contributed by atoms with Gasteiger partial charge in [-0.25, -0.2) is 12.7 Å². The first-order chi connectivity index (χ1) is 8.36. The van der Waals surface area contributed by atoms with Crippen LogP contribution >= 0.6 is 0 Å². The lowest BCUT2D eigenvalue weighted by Crippen LogP contribution is -2.44. The number of nitrogens with zero attached hydrogens (tertiary/aromatic N) is 1. The monoisotopic (exact) mass is 281 g/mol. The van der Waals surface area contributed by atoms with Crippen molar-refractivity contribution in [2.24, 2.45) is 5.73 Å². The van der Waals surface area contributed by atoms with Gasteiger partial charge < -0.3 is 15.8 Å². The van der Waals surface area contributed by atoms with Crippen molar-refractivity contribution >= 4 is 16.0 Å². The van der Waals surface area contributed by atoms with E-state index in [-0.39, 0.29) is 6.54 Å². The number of hydrogen-bond acceptors (Lipinski definition) is 6. The molecule has 0 amide bonds. The van der Waals surface area contributed by atoms with Crippen molar-refractivity contribution in [3.63, 3.8) is 0 Å². The molecule has 0 aromatic carbocycles. The molecule has 0 radical (unpaired) electrons. The number of carbonyl (C=O) groups is 1. The molecule has 0 fully saturated rings. The van der Waals surface area contributed by atoms with Crippen LogP contribution in [0.5, 0.6) is 0 Å². The Morgan fingerprint density at radius 2 is 2.11 bits per heavy atom. The van der Waals surface area contributed by atoms with Crippen molar-refractivity contribution < 1.29 is 17.9 Å². The Balaban J connectivity index is 4.01. The molecule has 0 saturated heterocycles. The number of esters is 1. The van der Waals surface area contributed by atoms with Gasteiger partial charge in [-0.05, 0) is 13.0 Å². The Bertz CT molecular complexity index is 345. The molecule has 0 bridgehead atoms. The summed E-state index contributed by atoms with van der Waals surface area (Å²) in [6, 6.07) is -0.539. The summed E-state index contributed by atoms with van der Waals surface area (Å²) in [6.45, 7) is 3.29. The van der Waals surface area contributed by atoms with Crippen molar-refractivity contribution in [1.82, 2.24) is 9.62 Å². The fraction of sp³-hybridized carbons (Fsp3) is 0.900. The molecule has 0 aliphatic rings. The minimum absolute atomic E-state index is 0.149. The number of nitrogens with two attached hydrogens (primary N) is 1. The minimum Gasteiger partial charge on any atom is -0.468 e. The van der Waals surface area contributed by atoms with Gasteiger partial charge in [0.2, 0.25) is 10.0 Å². The van der Waals surface area contributed by atoms with Crippen LogP contribution in [0.15, 0.2) is 0 Å². The van der Waals surface area contributed by atoms with Crippen LogP contribution in [0.4, 0.5) is 0 Å². The average Bonchev–Trinajstić information content (AvgIpc) is 2.31. The Morgan fingerprint density at radius 3 is 2.50 bits per heavy atom. The number of hydrogen-bond donors (Lipinski definition) is 2. The first-order valence-electron chi connectivity index (χ1n) is 5.83. The van der Waals surface area contributed by atoms with Crippen LogP contribution in [0.25, 0.3) is 0 Å². The van der Waals surface area contributed by atoms with E-state index in [0.717, 1.165) is 0 Å². The summed E-state index contributed by atoms with van der Waals surface area (Å²) in [5, 5.41) is 2.93. The third-order valence-electron chi connectivity index (χ3n) is 2.52. The van der Waals surface area contributed by atoms with Gasteiger partial charge in [0, 0.05) is 19.6 Å². The predicted molar refractivity (Wildman–Crippen MR) is 69.6 cm³/mol. The van der Waals surface area contributed by atoms with Crippen molar-refractivity contribution in [1.29, 1.82) is 0 Å². The number of sulfonamides is 1. The Morgan fingerprint density at radius 1 is 1.50 bits per heavy atom. The fourth-order valence-electron chi connectivity index (χ4n) is 1.50. The molecule has 1 atom stereocenters. The van der Waals surface area contributed by atoms with Gasteiger partial charge in [-0.15, -0.1) is 0 Å². The maximum Gasteiger partial charge on any atom is 0.324 e. The van der Waals surface area contributed by atoms with E-state index in [1.807, 2.05) is 0 Å². The second kappa shape index (κ2) is 8.41.